The van der Waals surface area contributed by atoms with Crippen molar-refractivity contribution in [1.82, 2.24) is 0 Å². The van der Waals surface area contributed by atoms with Crippen molar-refractivity contribution in [2.24, 2.45) is 0 Å². The van der Waals surface area contributed by atoms with E-state index in [-0.39, 0.29) is 12.5 Å². The second-order valence-electron chi connectivity index (χ2n) is 7.05. The van der Waals surface area contributed by atoms with Crippen molar-refractivity contribution in [1.29, 1.82) is 0 Å². The quantitative estimate of drug-likeness (QED) is 0.718. The number of nitrogens with one attached hydrogen (secondary N) is 1. The van der Waals surface area contributed by atoms with Crippen LogP contribution in [0.5, 0.6) is 17.2 Å². The number of carbonyl (C=O) groups is 2. The minimum absolute atomic E-state index is 0.262. The van der Waals surface area contributed by atoms with E-state index < -0.39 is 18.5 Å². The van der Waals surface area contributed by atoms with Crippen LogP contribution in [0.25, 0.3) is 0 Å². The third kappa shape index (κ3) is 5.63. The number of benzene rings is 2. The zero-order valence-corrected chi connectivity index (χ0v) is 16.8. The number of esters is 1. The number of rotatable bonds is 7. The van der Waals surface area contributed by atoms with Crippen LogP contribution < -0.4 is 19.5 Å². The first-order valence-electron chi connectivity index (χ1n) is 9.51. The Hall–Kier alpha value is -3.22. The number of hydrogen-bond acceptors (Lipinski definition) is 6. The topological polar surface area (TPSA) is 83.1 Å². The van der Waals surface area contributed by atoms with E-state index >= 15 is 0 Å². The van der Waals surface area contributed by atoms with E-state index in [1.54, 1.807) is 18.2 Å². The summed E-state index contributed by atoms with van der Waals surface area (Å²) in [5.41, 5.74) is 2.59. The molecule has 0 bridgehead atoms. The Kier molecular flexibility index (Phi) is 6.59. The molecular formula is C22H25NO6. The highest BCUT2D eigenvalue weighted by Gasteiger charge is 2.15. The lowest BCUT2D eigenvalue weighted by Gasteiger charge is -2.19. The van der Waals surface area contributed by atoms with Gasteiger partial charge in [-0.1, -0.05) is 26.0 Å². The lowest BCUT2D eigenvalue weighted by atomic mass is 10.0. The van der Waals surface area contributed by atoms with Crippen LogP contribution in [0.3, 0.4) is 0 Å². The molecule has 2 aromatic rings. The van der Waals surface area contributed by atoms with Crippen molar-refractivity contribution in [2.75, 3.05) is 31.7 Å². The summed E-state index contributed by atoms with van der Waals surface area (Å²) < 4.78 is 21.5. The predicted octanol–water partition coefficient (Wildman–Crippen LogP) is 3.45. The monoisotopic (exact) mass is 399 g/mol. The van der Waals surface area contributed by atoms with Gasteiger partial charge >= 0.3 is 5.97 Å². The van der Waals surface area contributed by atoms with Gasteiger partial charge in [-0.3, -0.25) is 4.79 Å². The molecule has 3 rings (SSSR count). The molecule has 2 aromatic carbocycles. The highest BCUT2D eigenvalue weighted by Crippen LogP contribution is 2.32. The van der Waals surface area contributed by atoms with Crippen LogP contribution in [-0.4, -0.2) is 38.3 Å². The summed E-state index contributed by atoms with van der Waals surface area (Å²) in [5.74, 6) is 1.05. The second-order valence-corrected chi connectivity index (χ2v) is 7.05. The molecule has 0 unspecified atom stereocenters. The van der Waals surface area contributed by atoms with Gasteiger partial charge in [0.1, 0.15) is 19.0 Å². The molecule has 1 amide bonds. The first-order valence-corrected chi connectivity index (χ1v) is 9.51. The average Bonchev–Trinajstić information content (AvgIpc) is 2.70. The van der Waals surface area contributed by atoms with Gasteiger partial charge in [-0.05, 0) is 42.2 Å². The summed E-state index contributed by atoms with van der Waals surface area (Å²) in [7, 11) is 0. The van der Waals surface area contributed by atoms with E-state index in [1.807, 2.05) is 25.1 Å². The number of carbonyl (C=O) groups excluding carboxylic acids is 2. The highest BCUT2D eigenvalue weighted by atomic mass is 16.6. The number of fused-ring (bicyclic) bond motifs is 1. The van der Waals surface area contributed by atoms with Crippen molar-refractivity contribution in [3.63, 3.8) is 0 Å². The lowest BCUT2D eigenvalue weighted by Crippen LogP contribution is -2.24. The number of ether oxygens (including phenoxy) is 4. The van der Waals surface area contributed by atoms with E-state index in [2.05, 4.69) is 19.2 Å². The highest BCUT2D eigenvalue weighted by molar-refractivity contribution is 5.93. The largest absolute Gasteiger partial charge is 0.486 e. The number of anilines is 1. The summed E-state index contributed by atoms with van der Waals surface area (Å²) in [6.07, 6.45) is 0. The fraction of sp³-hybridized carbons (Fsp3) is 0.364. The summed E-state index contributed by atoms with van der Waals surface area (Å²) in [4.78, 5) is 24.0. The molecule has 0 aliphatic carbocycles. The van der Waals surface area contributed by atoms with Crippen molar-refractivity contribution in [2.45, 2.75) is 26.7 Å². The fourth-order valence-electron chi connectivity index (χ4n) is 2.89. The maximum Gasteiger partial charge on any atom is 0.344 e. The Labute approximate surface area is 169 Å². The number of hydrogen-bond donors (Lipinski definition) is 1. The first kappa shape index (κ1) is 20.5. The van der Waals surface area contributed by atoms with Gasteiger partial charge in [0.15, 0.2) is 24.7 Å². The van der Waals surface area contributed by atoms with E-state index in [4.69, 9.17) is 18.9 Å². The zero-order valence-electron chi connectivity index (χ0n) is 16.8. The Bertz CT molecular complexity index is 893. The van der Waals surface area contributed by atoms with Crippen LogP contribution in [0, 0.1) is 6.92 Å². The molecule has 1 heterocycles. The first-order chi connectivity index (χ1) is 13.9. The Morgan fingerprint density at radius 2 is 1.79 bits per heavy atom. The molecule has 154 valence electrons. The lowest BCUT2D eigenvalue weighted by molar-refractivity contribution is -0.149. The van der Waals surface area contributed by atoms with Gasteiger partial charge in [-0.2, -0.15) is 0 Å². The minimum atomic E-state index is -0.612. The van der Waals surface area contributed by atoms with Crippen LogP contribution in [0.2, 0.25) is 0 Å². The fourth-order valence-corrected chi connectivity index (χ4v) is 2.89. The molecule has 0 radical (unpaired) electrons. The van der Waals surface area contributed by atoms with Crippen molar-refractivity contribution in [3.8, 4) is 17.2 Å². The molecule has 0 fully saturated rings. The molecule has 1 N–H and O–H groups in total. The molecule has 7 heteroatoms. The van der Waals surface area contributed by atoms with Gasteiger partial charge in [0.05, 0.1) is 0 Å². The standard InChI is InChI=1S/C22H25NO6/c1-14(2)17-6-4-15(3)10-19(17)28-13-22(25)29-12-21(24)23-16-5-7-18-20(11-16)27-9-8-26-18/h4-7,10-11,14H,8-9,12-13H2,1-3H3,(H,23,24). The summed E-state index contributed by atoms with van der Waals surface area (Å²) in [6.45, 7) is 6.36. The van der Waals surface area contributed by atoms with Crippen molar-refractivity contribution < 1.29 is 28.5 Å². The SMILES string of the molecule is Cc1ccc(C(C)C)c(OCC(=O)OCC(=O)Nc2ccc3c(c2)OCCO3)c1. The van der Waals surface area contributed by atoms with E-state index in [9.17, 15) is 9.59 Å². The molecule has 29 heavy (non-hydrogen) atoms. The van der Waals surface area contributed by atoms with Crippen LogP contribution in [-0.2, 0) is 14.3 Å². The minimum Gasteiger partial charge on any atom is -0.486 e. The Morgan fingerprint density at radius 1 is 1.03 bits per heavy atom. The number of aryl methyl sites for hydroxylation is 1. The van der Waals surface area contributed by atoms with Gasteiger partial charge in [0.25, 0.3) is 5.91 Å². The summed E-state index contributed by atoms with van der Waals surface area (Å²) >= 11 is 0. The van der Waals surface area contributed by atoms with Crippen LogP contribution in [0.15, 0.2) is 36.4 Å². The third-order valence-corrected chi connectivity index (χ3v) is 4.33. The van der Waals surface area contributed by atoms with Gasteiger partial charge in [-0.15, -0.1) is 0 Å². The molecule has 0 spiro atoms. The van der Waals surface area contributed by atoms with Gasteiger partial charge in [-0.25, -0.2) is 4.79 Å². The number of amides is 1. The molecule has 0 aromatic heterocycles. The van der Waals surface area contributed by atoms with Gasteiger partial charge in [0, 0.05) is 11.8 Å². The van der Waals surface area contributed by atoms with Crippen LogP contribution >= 0.6 is 0 Å². The van der Waals surface area contributed by atoms with Crippen molar-refractivity contribution >= 4 is 17.6 Å². The average molecular weight is 399 g/mol. The normalized spacial score (nSPS) is 12.4. The van der Waals surface area contributed by atoms with Crippen LogP contribution in [0.4, 0.5) is 5.69 Å². The van der Waals surface area contributed by atoms with E-state index in [1.165, 1.54) is 0 Å². The van der Waals surface area contributed by atoms with Gasteiger partial charge in [0.2, 0.25) is 0 Å². The third-order valence-electron chi connectivity index (χ3n) is 4.33. The Balaban J connectivity index is 1.47. The summed E-state index contributed by atoms with van der Waals surface area (Å²) in [6, 6.07) is 11.0. The molecule has 7 nitrogen and oxygen atoms in total. The summed E-state index contributed by atoms with van der Waals surface area (Å²) in [5, 5.41) is 2.66. The van der Waals surface area contributed by atoms with Crippen molar-refractivity contribution in [3.05, 3.63) is 47.5 Å². The zero-order chi connectivity index (χ0) is 20.8. The van der Waals surface area contributed by atoms with E-state index in [0.717, 1.165) is 11.1 Å². The molecule has 1 aliphatic rings. The smallest absolute Gasteiger partial charge is 0.344 e. The molecule has 0 saturated heterocycles. The maximum absolute atomic E-state index is 12.0. The Morgan fingerprint density at radius 3 is 2.55 bits per heavy atom. The second kappa shape index (κ2) is 9.32. The molecule has 1 aliphatic heterocycles. The maximum atomic E-state index is 12.0. The van der Waals surface area contributed by atoms with Gasteiger partial charge < -0.3 is 24.3 Å². The molecule has 0 atom stereocenters. The van der Waals surface area contributed by atoms with E-state index in [0.29, 0.717) is 36.1 Å². The predicted molar refractivity (Wildman–Crippen MR) is 108 cm³/mol. The molecular weight excluding hydrogens is 374 g/mol. The van der Waals surface area contributed by atoms with Crippen LogP contribution in [0.1, 0.15) is 30.9 Å². The molecule has 0 saturated carbocycles.